The molecule has 0 aliphatic carbocycles. The number of amides is 1. The van der Waals surface area contributed by atoms with Crippen molar-refractivity contribution in [3.63, 3.8) is 0 Å². The third kappa shape index (κ3) is 5.32. The summed E-state index contributed by atoms with van der Waals surface area (Å²) < 4.78 is 5.28. The number of thiazole rings is 1. The largest absolute Gasteiger partial charge is 0.452 e. The molecule has 1 atom stereocenters. The first-order chi connectivity index (χ1) is 15.5. The van der Waals surface area contributed by atoms with Crippen LogP contribution < -0.4 is 5.32 Å². The summed E-state index contributed by atoms with van der Waals surface area (Å²) in [6.45, 7) is 3.65. The Hall–Kier alpha value is -2.82. The summed E-state index contributed by atoms with van der Waals surface area (Å²) in [7, 11) is 0. The van der Waals surface area contributed by atoms with Gasteiger partial charge in [-0.25, -0.2) is 15.0 Å². The number of rotatable bonds is 8. The van der Waals surface area contributed by atoms with Gasteiger partial charge in [0.2, 0.25) is 0 Å². The van der Waals surface area contributed by atoms with Crippen LogP contribution in [-0.2, 0) is 20.7 Å². The van der Waals surface area contributed by atoms with E-state index >= 15 is 0 Å². The average molecular weight is 485 g/mol. The van der Waals surface area contributed by atoms with Crippen molar-refractivity contribution in [2.75, 3.05) is 11.1 Å². The number of aryl methyl sites for hydroxylation is 1. The van der Waals surface area contributed by atoms with Gasteiger partial charge < -0.3 is 4.74 Å². The minimum atomic E-state index is -0.939. The molecule has 0 saturated carbocycles. The highest BCUT2D eigenvalue weighted by atomic mass is 32.2. The smallest absolute Gasteiger partial charge is 0.317 e. The lowest BCUT2D eigenvalue weighted by atomic mass is 10.1. The topological polar surface area (TPSA) is 94.1 Å². The fraction of sp³-hybridized carbons (Fsp3) is 0.227. The van der Waals surface area contributed by atoms with Crippen molar-refractivity contribution in [3.8, 4) is 11.3 Å². The van der Waals surface area contributed by atoms with Crippen molar-refractivity contribution in [2.45, 2.75) is 31.4 Å². The molecule has 0 spiro atoms. The van der Waals surface area contributed by atoms with Crippen molar-refractivity contribution in [3.05, 3.63) is 53.0 Å². The van der Waals surface area contributed by atoms with E-state index in [1.165, 1.54) is 53.2 Å². The van der Waals surface area contributed by atoms with Crippen LogP contribution in [0.3, 0.4) is 0 Å². The van der Waals surface area contributed by atoms with Gasteiger partial charge in [0.15, 0.2) is 11.2 Å². The number of hydrogen-bond donors (Lipinski definition) is 1. The summed E-state index contributed by atoms with van der Waals surface area (Å²) in [4.78, 5) is 38.4. The molecule has 4 aromatic rings. The fourth-order valence-corrected chi connectivity index (χ4v) is 5.16. The number of benzene rings is 1. The van der Waals surface area contributed by atoms with Gasteiger partial charge in [0.1, 0.15) is 16.2 Å². The third-order valence-corrected chi connectivity index (χ3v) is 7.18. The Morgan fingerprint density at radius 1 is 1.16 bits per heavy atom. The molecule has 0 aliphatic heterocycles. The summed E-state index contributed by atoms with van der Waals surface area (Å²) in [6.07, 6.45) is 1.51. The molecule has 0 aliphatic rings. The van der Waals surface area contributed by atoms with Crippen LogP contribution >= 0.6 is 34.4 Å². The maximum Gasteiger partial charge on any atom is 0.317 e. The Balaban J connectivity index is 1.29. The second-order valence-corrected chi connectivity index (χ2v) is 9.53. The van der Waals surface area contributed by atoms with E-state index in [-0.39, 0.29) is 5.75 Å². The SMILES string of the molecule is CCc1ccc(-c2csc(NC(=O)[C@@H](C)OC(=O)CSc3ncnc4sccc34)n2)cc1. The lowest BCUT2D eigenvalue weighted by Gasteiger charge is -2.12. The Morgan fingerprint density at radius 2 is 1.97 bits per heavy atom. The highest BCUT2D eigenvalue weighted by molar-refractivity contribution is 8.00. The van der Waals surface area contributed by atoms with Gasteiger partial charge >= 0.3 is 5.97 Å². The minimum absolute atomic E-state index is 0.0503. The van der Waals surface area contributed by atoms with Gasteiger partial charge in [0, 0.05) is 16.3 Å². The van der Waals surface area contributed by atoms with Gasteiger partial charge in [0.05, 0.1) is 11.4 Å². The van der Waals surface area contributed by atoms with E-state index in [2.05, 4.69) is 39.3 Å². The molecule has 32 heavy (non-hydrogen) atoms. The van der Waals surface area contributed by atoms with Gasteiger partial charge in [-0.1, -0.05) is 43.0 Å². The molecule has 0 fully saturated rings. The standard InChI is InChI=1S/C22H20N4O3S3/c1-3-14-4-6-15(7-5-14)17-10-32-22(25-17)26-19(28)13(2)29-18(27)11-31-21-16-8-9-30-20(16)23-12-24-21/h4-10,12-13H,3,11H2,1-2H3,(H,25,26,28)/t13-/m1/s1. The van der Waals surface area contributed by atoms with Crippen LogP contribution in [0.4, 0.5) is 5.13 Å². The molecule has 7 nitrogen and oxygen atoms in total. The number of carbonyl (C=O) groups excluding carboxylic acids is 2. The number of nitrogens with one attached hydrogen (secondary N) is 1. The van der Waals surface area contributed by atoms with E-state index in [0.29, 0.717) is 10.2 Å². The van der Waals surface area contributed by atoms with E-state index in [1.54, 1.807) is 0 Å². The molecule has 0 bridgehead atoms. The zero-order chi connectivity index (χ0) is 22.5. The number of thioether (sulfide) groups is 1. The van der Waals surface area contributed by atoms with Gasteiger partial charge in [-0.15, -0.1) is 22.7 Å². The van der Waals surface area contributed by atoms with Gasteiger partial charge in [-0.2, -0.15) is 0 Å². The number of carbonyl (C=O) groups is 2. The molecule has 3 aromatic heterocycles. The quantitative estimate of drug-likeness (QED) is 0.213. The number of thiophene rings is 1. The molecule has 1 N–H and O–H groups in total. The Kier molecular flexibility index (Phi) is 7.13. The molecular formula is C22H20N4O3S3. The average Bonchev–Trinajstić information content (AvgIpc) is 3.47. The summed E-state index contributed by atoms with van der Waals surface area (Å²) >= 11 is 4.10. The zero-order valence-corrected chi connectivity index (χ0v) is 19.9. The zero-order valence-electron chi connectivity index (χ0n) is 17.4. The fourth-order valence-electron chi connectivity index (χ4n) is 2.88. The molecule has 0 saturated heterocycles. The molecule has 4 rings (SSSR count). The second-order valence-electron chi connectivity index (χ2n) is 6.82. The second kappa shape index (κ2) is 10.2. The van der Waals surface area contributed by atoms with Crippen LogP contribution in [0.15, 0.2) is 52.4 Å². The van der Waals surface area contributed by atoms with Gasteiger partial charge in [-0.05, 0) is 30.4 Å². The van der Waals surface area contributed by atoms with Crippen LogP contribution in [0.1, 0.15) is 19.4 Å². The number of hydrogen-bond acceptors (Lipinski definition) is 9. The monoisotopic (exact) mass is 484 g/mol. The normalized spacial score (nSPS) is 11.9. The van der Waals surface area contributed by atoms with Crippen molar-refractivity contribution in [1.82, 2.24) is 15.0 Å². The van der Waals surface area contributed by atoms with Crippen LogP contribution in [0.25, 0.3) is 21.5 Å². The Morgan fingerprint density at radius 3 is 2.75 bits per heavy atom. The van der Waals surface area contributed by atoms with Crippen molar-refractivity contribution < 1.29 is 14.3 Å². The summed E-state index contributed by atoms with van der Waals surface area (Å²) in [6, 6.07) is 10.1. The molecule has 1 aromatic carbocycles. The van der Waals surface area contributed by atoms with Crippen molar-refractivity contribution >= 4 is 61.7 Å². The molecule has 1 amide bonds. The number of fused-ring (bicyclic) bond motifs is 1. The predicted octanol–water partition coefficient (Wildman–Crippen LogP) is 5.04. The Labute approximate surface area is 197 Å². The first kappa shape index (κ1) is 22.4. The molecule has 164 valence electrons. The molecule has 10 heteroatoms. The summed E-state index contributed by atoms with van der Waals surface area (Å²) in [5.74, 6) is -0.863. The Bertz CT molecular complexity index is 1240. The third-order valence-electron chi connectivity index (χ3n) is 4.62. The molecule has 3 heterocycles. The van der Waals surface area contributed by atoms with Crippen molar-refractivity contribution in [1.29, 1.82) is 0 Å². The van der Waals surface area contributed by atoms with E-state index in [0.717, 1.165) is 27.9 Å². The first-order valence-electron chi connectivity index (χ1n) is 9.89. The van der Waals surface area contributed by atoms with E-state index in [9.17, 15) is 9.59 Å². The van der Waals surface area contributed by atoms with Crippen LogP contribution in [0, 0.1) is 0 Å². The van der Waals surface area contributed by atoms with Crippen LogP contribution in [0.2, 0.25) is 0 Å². The lowest BCUT2D eigenvalue weighted by Crippen LogP contribution is -2.30. The highest BCUT2D eigenvalue weighted by Crippen LogP contribution is 2.28. The van der Waals surface area contributed by atoms with Crippen LogP contribution in [0.5, 0.6) is 0 Å². The summed E-state index contributed by atoms with van der Waals surface area (Å²) in [5.41, 5.74) is 3.03. The molecular weight excluding hydrogens is 464 g/mol. The lowest BCUT2D eigenvalue weighted by molar-refractivity contribution is -0.150. The highest BCUT2D eigenvalue weighted by Gasteiger charge is 2.20. The minimum Gasteiger partial charge on any atom is -0.452 e. The molecule has 0 unspecified atom stereocenters. The number of ether oxygens (including phenoxy) is 1. The number of esters is 1. The maximum absolute atomic E-state index is 12.4. The summed E-state index contributed by atoms with van der Waals surface area (Å²) in [5, 5.41) is 8.62. The number of nitrogens with zero attached hydrogens (tertiary/aromatic N) is 3. The van der Waals surface area contributed by atoms with E-state index in [1.807, 2.05) is 29.0 Å². The molecule has 0 radical (unpaired) electrons. The number of aromatic nitrogens is 3. The first-order valence-corrected chi connectivity index (χ1v) is 12.6. The van der Waals surface area contributed by atoms with Gasteiger partial charge in [-0.3, -0.25) is 14.9 Å². The van der Waals surface area contributed by atoms with E-state index < -0.39 is 18.0 Å². The van der Waals surface area contributed by atoms with Gasteiger partial charge in [0.25, 0.3) is 5.91 Å². The van der Waals surface area contributed by atoms with Crippen molar-refractivity contribution in [2.24, 2.45) is 0 Å². The van der Waals surface area contributed by atoms with E-state index in [4.69, 9.17) is 4.74 Å². The maximum atomic E-state index is 12.4. The predicted molar refractivity (Wildman–Crippen MR) is 129 cm³/mol. The van der Waals surface area contributed by atoms with Crippen LogP contribution in [-0.4, -0.2) is 38.7 Å². The number of anilines is 1.